The molecule has 2 rings (SSSR count). The van der Waals surface area contributed by atoms with E-state index in [1.807, 2.05) is 30.5 Å². The number of hydrogen-bond donors (Lipinski definition) is 2. The van der Waals surface area contributed by atoms with Crippen molar-refractivity contribution in [1.29, 1.82) is 0 Å². The summed E-state index contributed by atoms with van der Waals surface area (Å²) in [7, 11) is 2.15. The summed E-state index contributed by atoms with van der Waals surface area (Å²) in [5, 5.41) is 16.8. The molecule has 144 valence electrons. The Labute approximate surface area is 157 Å². The molecule has 1 heterocycles. The third-order valence-corrected chi connectivity index (χ3v) is 4.44. The number of aliphatic hydroxyl groups is 1. The average molecular weight is 360 g/mol. The number of aromatic amines is 1. The van der Waals surface area contributed by atoms with Gasteiger partial charge in [0.2, 0.25) is 0 Å². The number of benzene rings is 1. The predicted molar refractivity (Wildman–Crippen MR) is 106 cm³/mol. The molecule has 26 heavy (non-hydrogen) atoms. The van der Waals surface area contributed by atoms with Crippen LogP contribution in [0.3, 0.4) is 0 Å². The molecular formula is C21H33N3O2. The first-order valence-corrected chi connectivity index (χ1v) is 9.62. The molecule has 1 unspecified atom stereocenters. The van der Waals surface area contributed by atoms with Gasteiger partial charge >= 0.3 is 0 Å². The Bertz CT molecular complexity index is 637. The Kier molecular flexibility index (Phi) is 8.13. The number of rotatable bonds is 11. The molecule has 0 amide bonds. The second-order valence-electron chi connectivity index (χ2n) is 7.44. The van der Waals surface area contributed by atoms with Crippen molar-refractivity contribution < 1.29 is 9.84 Å². The standard InChI is InChI=1S/C21H33N3O2/c1-5-6-11-24(4)14-18-13-22-23-21(18)17-7-9-19(10-8-17)26-20(15-25)12-16(2)3/h7-10,13,16,20,25H,5-6,11-12,14-15H2,1-4H3,(H,22,23). The summed E-state index contributed by atoms with van der Waals surface area (Å²) in [6.07, 6.45) is 5.00. The maximum Gasteiger partial charge on any atom is 0.122 e. The molecule has 0 saturated carbocycles. The number of H-pyrrole nitrogens is 1. The number of nitrogens with one attached hydrogen (secondary N) is 1. The van der Waals surface area contributed by atoms with Crippen molar-refractivity contribution >= 4 is 0 Å². The molecule has 0 radical (unpaired) electrons. The number of aliphatic hydroxyl groups excluding tert-OH is 1. The van der Waals surface area contributed by atoms with Crippen molar-refractivity contribution in [3.63, 3.8) is 0 Å². The maximum atomic E-state index is 9.48. The Morgan fingerprint density at radius 3 is 2.58 bits per heavy atom. The Morgan fingerprint density at radius 1 is 1.23 bits per heavy atom. The van der Waals surface area contributed by atoms with Crippen LogP contribution in [0.2, 0.25) is 0 Å². The van der Waals surface area contributed by atoms with Crippen LogP contribution in [-0.2, 0) is 6.54 Å². The third-order valence-electron chi connectivity index (χ3n) is 4.44. The fraction of sp³-hybridized carbons (Fsp3) is 0.571. The van der Waals surface area contributed by atoms with E-state index < -0.39 is 0 Å². The lowest BCUT2D eigenvalue weighted by atomic mass is 10.1. The van der Waals surface area contributed by atoms with Crippen LogP contribution >= 0.6 is 0 Å². The quantitative estimate of drug-likeness (QED) is 0.634. The third kappa shape index (κ3) is 6.15. The van der Waals surface area contributed by atoms with Crippen LogP contribution in [0.15, 0.2) is 30.5 Å². The zero-order chi connectivity index (χ0) is 18.9. The van der Waals surface area contributed by atoms with E-state index in [0.29, 0.717) is 5.92 Å². The highest BCUT2D eigenvalue weighted by Crippen LogP contribution is 2.25. The minimum absolute atomic E-state index is 0.0364. The summed E-state index contributed by atoms with van der Waals surface area (Å²) in [6.45, 7) is 8.48. The molecule has 1 aromatic carbocycles. The fourth-order valence-electron chi connectivity index (χ4n) is 3.06. The van der Waals surface area contributed by atoms with E-state index in [4.69, 9.17) is 4.74 Å². The smallest absolute Gasteiger partial charge is 0.122 e. The minimum Gasteiger partial charge on any atom is -0.488 e. The second-order valence-corrected chi connectivity index (χ2v) is 7.44. The van der Waals surface area contributed by atoms with Crippen LogP contribution in [0.1, 0.15) is 45.6 Å². The van der Waals surface area contributed by atoms with Gasteiger partial charge < -0.3 is 14.7 Å². The van der Waals surface area contributed by atoms with Crippen molar-refractivity contribution in [2.75, 3.05) is 20.2 Å². The lowest BCUT2D eigenvalue weighted by molar-refractivity contribution is 0.0981. The number of hydrogen-bond acceptors (Lipinski definition) is 4. The van der Waals surface area contributed by atoms with Gasteiger partial charge in [0.25, 0.3) is 0 Å². The monoisotopic (exact) mass is 359 g/mol. The van der Waals surface area contributed by atoms with Crippen molar-refractivity contribution in [3.05, 3.63) is 36.0 Å². The van der Waals surface area contributed by atoms with E-state index in [-0.39, 0.29) is 12.7 Å². The molecule has 0 bridgehead atoms. The van der Waals surface area contributed by atoms with Gasteiger partial charge in [-0.05, 0) is 56.6 Å². The molecule has 0 aliphatic rings. The minimum atomic E-state index is -0.157. The molecule has 1 aromatic heterocycles. The van der Waals surface area contributed by atoms with Gasteiger partial charge in [-0.2, -0.15) is 5.10 Å². The number of aromatic nitrogens is 2. The van der Waals surface area contributed by atoms with E-state index >= 15 is 0 Å². The van der Waals surface area contributed by atoms with Crippen LogP contribution < -0.4 is 4.74 Å². The number of nitrogens with zero attached hydrogens (tertiary/aromatic N) is 2. The molecule has 0 aliphatic heterocycles. The molecule has 0 fully saturated rings. The molecule has 0 saturated heterocycles. The molecule has 5 heteroatoms. The highest BCUT2D eigenvalue weighted by atomic mass is 16.5. The van der Waals surface area contributed by atoms with Gasteiger partial charge in [-0.3, -0.25) is 5.10 Å². The Hall–Kier alpha value is -1.85. The van der Waals surface area contributed by atoms with Crippen LogP contribution in [0.5, 0.6) is 5.75 Å². The van der Waals surface area contributed by atoms with Gasteiger partial charge in [0.15, 0.2) is 0 Å². The largest absolute Gasteiger partial charge is 0.488 e. The lowest BCUT2D eigenvalue weighted by Crippen LogP contribution is -2.23. The summed E-state index contributed by atoms with van der Waals surface area (Å²) in [5.74, 6) is 1.28. The Balaban J connectivity index is 2.03. The van der Waals surface area contributed by atoms with Gasteiger partial charge in [0.1, 0.15) is 11.9 Å². The first kappa shape index (κ1) is 20.5. The molecule has 0 aliphatic carbocycles. The second kappa shape index (κ2) is 10.3. The van der Waals surface area contributed by atoms with Crippen molar-refractivity contribution in [1.82, 2.24) is 15.1 Å². The normalized spacial score (nSPS) is 12.7. The van der Waals surface area contributed by atoms with Crippen molar-refractivity contribution in [3.8, 4) is 17.0 Å². The summed E-state index contributed by atoms with van der Waals surface area (Å²) in [4.78, 5) is 2.33. The lowest BCUT2D eigenvalue weighted by Gasteiger charge is -2.19. The fourth-order valence-corrected chi connectivity index (χ4v) is 3.06. The molecule has 0 spiro atoms. The van der Waals surface area contributed by atoms with Gasteiger partial charge in [-0.15, -0.1) is 0 Å². The number of ether oxygens (including phenoxy) is 1. The van der Waals surface area contributed by atoms with Crippen molar-refractivity contribution in [2.24, 2.45) is 5.92 Å². The van der Waals surface area contributed by atoms with E-state index in [2.05, 4.69) is 42.9 Å². The number of unbranched alkanes of at least 4 members (excludes halogenated alkanes) is 1. The van der Waals surface area contributed by atoms with E-state index in [0.717, 1.165) is 36.5 Å². The zero-order valence-corrected chi connectivity index (χ0v) is 16.5. The highest BCUT2D eigenvalue weighted by molar-refractivity contribution is 5.63. The zero-order valence-electron chi connectivity index (χ0n) is 16.5. The molecular weight excluding hydrogens is 326 g/mol. The molecule has 2 aromatic rings. The van der Waals surface area contributed by atoms with E-state index in [1.54, 1.807) is 0 Å². The first-order valence-electron chi connectivity index (χ1n) is 9.62. The van der Waals surface area contributed by atoms with Gasteiger partial charge in [0.05, 0.1) is 18.5 Å². The van der Waals surface area contributed by atoms with Gasteiger partial charge in [-0.1, -0.05) is 27.2 Å². The van der Waals surface area contributed by atoms with Crippen LogP contribution in [-0.4, -0.2) is 46.5 Å². The molecule has 2 N–H and O–H groups in total. The van der Waals surface area contributed by atoms with Crippen LogP contribution in [0, 0.1) is 5.92 Å². The Morgan fingerprint density at radius 2 is 1.96 bits per heavy atom. The van der Waals surface area contributed by atoms with Crippen LogP contribution in [0.4, 0.5) is 0 Å². The summed E-state index contributed by atoms with van der Waals surface area (Å²) in [5.41, 5.74) is 3.35. The first-order chi connectivity index (χ1) is 12.5. The summed E-state index contributed by atoms with van der Waals surface area (Å²) < 4.78 is 5.90. The molecule has 1 atom stereocenters. The molecule has 5 nitrogen and oxygen atoms in total. The van der Waals surface area contributed by atoms with E-state index in [9.17, 15) is 5.11 Å². The van der Waals surface area contributed by atoms with Crippen molar-refractivity contribution in [2.45, 2.75) is 52.7 Å². The van der Waals surface area contributed by atoms with E-state index in [1.165, 1.54) is 18.4 Å². The summed E-state index contributed by atoms with van der Waals surface area (Å²) >= 11 is 0. The maximum absolute atomic E-state index is 9.48. The van der Waals surface area contributed by atoms with Gasteiger partial charge in [0, 0.05) is 17.7 Å². The highest BCUT2D eigenvalue weighted by Gasteiger charge is 2.13. The predicted octanol–water partition coefficient (Wildman–Crippen LogP) is 4.09. The summed E-state index contributed by atoms with van der Waals surface area (Å²) in [6, 6.07) is 8.01. The average Bonchev–Trinajstić information content (AvgIpc) is 3.07. The SMILES string of the molecule is CCCCN(C)Cc1cn[nH]c1-c1ccc(OC(CO)CC(C)C)cc1. The van der Waals surface area contributed by atoms with Crippen LogP contribution in [0.25, 0.3) is 11.3 Å². The topological polar surface area (TPSA) is 61.4 Å². The van der Waals surface area contributed by atoms with Gasteiger partial charge in [-0.25, -0.2) is 0 Å².